The Hall–Kier alpha value is -2.10. The van der Waals surface area contributed by atoms with Crippen LogP contribution in [0.1, 0.15) is 32.2 Å². The molecule has 0 saturated heterocycles. The molecule has 104 valence electrons. The fourth-order valence-corrected chi connectivity index (χ4v) is 2.35. The highest BCUT2D eigenvalue weighted by molar-refractivity contribution is 7.14. The number of H-pyrrole nitrogens is 1. The van der Waals surface area contributed by atoms with E-state index in [-0.39, 0.29) is 12.5 Å². The molecule has 0 aliphatic carbocycles. The Labute approximate surface area is 121 Å². The Morgan fingerprint density at radius 2 is 2.40 bits per heavy atom. The second-order valence-corrected chi connectivity index (χ2v) is 5.23. The first-order chi connectivity index (χ1) is 9.70. The van der Waals surface area contributed by atoms with Crippen molar-refractivity contribution in [1.29, 1.82) is 0 Å². The first-order valence-corrected chi connectivity index (χ1v) is 6.99. The number of carbonyl (C=O) groups excluding carboxylic acids is 1. The molecule has 0 fully saturated rings. The number of aliphatic hydroxyl groups is 1. The van der Waals surface area contributed by atoms with Crippen LogP contribution < -0.4 is 5.32 Å². The fourth-order valence-electron chi connectivity index (χ4n) is 1.55. The molecule has 3 N–H and O–H groups in total. The molecule has 0 saturated carbocycles. The summed E-state index contributed by atoms with van der Waals surface area (Å²) in [6, 6.07) is 3.57. The molecule has 2 aromatic heterocycles. The number of aromatic nitrogens is 2. The fraction of sp³-hybridized carbons (Fsp3) is 0.286. The van der Waals surface area contributed by atoms with E-state index in [2.05, 4.69) is 27.4 Å². The van der Waals surface area contributed by atoms with Crippen molar-refractivity contribution >= 4 is 17.2 Å². The average molecular weight is 289 g/mol. The van der Waals surface area contributed by atoms with Crippen molar-refractivity contribution < 1.29 is 9.90 Å². The third-order valence-electron chi connectivity index (χ3n) is 2.65. The van der Waals surface area contributed by atoms with E-state index < -0.39 is 0 Å². The SMILES string of the molecule is Cc1[nH]ncc1CNC(=O)c1ccc(C#CCCO)s1. The molecule has 0 unspecified atom stereocenters. The number of aliphatic hydroxyl groups excluding tert-OH is 1. The summed E-state index contributed by atoms with van der Waals surface area (Å²) in [6.07, 6.45) is 2.15. The highest BCUT2D eigenvalue weighted by Crippen LogP contribution is 2.15. The van der Waals surface area contributed by atoms with Crippen molar-refractivity contribution in [3.63, 3.8) is 0 Å². The van der Waals surface area contributed by atoms with Gasteiger partial charge in [-0.2, -0.15) is 5.10 Å². The zero-order valence-electron chi connectivity index (χ0n) is 11.1. The molecule has 2 heterocycles. The minimum atomic E-state index is -0.120. The molecule has 0 atom stereocenters. The molecule has 0 radical (unpaired) electrons. The van der Waals surface area contributed by atoms with Crippen LogP contribution in [0.3, 0.4) is 0 Å². The van der Waals surface area contributed by atoms with Crippen molar-refractivity contribution in [2.24, 2.45) is 0 Å². The van der Waals surface area contributed by atoms with Gasteiger partial charge < -0.3 is 10.4 Å². The zero-order valence-corrected chi connectivity index (χ0v) is 11.9. The van der Waals surface area contributed by atoms with Crippen LogP contribution in [0.2, 0.25) is 0 Å². The third-order valence-corrected chi connectivity index (χ3v) is 3.65. The number of nitrogens with one attached hydrogen (secondary N) is 2. The molecule has 0 aliphatic rings. The topological polar surface area (TPSA) is 78.0 Å². The van der Waals surface area contributed by atoms with Gasteiger partial charge in [-0.25, -0.2) is 0 Å². The van der Waals surface area contributed by atoms with Gasteiger partial charge in [-0.05, 0) is 19.1 Å². The lowest BCUT2D eigenvalue weighted by Gasteiger charge is -2.01. The molecular formula is C14H15N3O2S. The maximum absolute atomic E-state index is 12.0. The Bertz CT molecular complexity index is 649. The number of hydrogen-bond donors (Lipinski definition) is 3. The summed E-state index contributed by atoms with van der Waals surface area (Å²) in [5.41, 5.74) is 1.92. The van der Waals surface area contributed by atoms with E-state index in [1.807, 2.05) is 13.0 Å². The maximum atomic E-state index is 12.0. The number of amides is 1. The number of hydrogen-bond acceptors (Lipinski definition) is 4. The van der Waals surface area contributed by atoms with Crippen LogP contribution in [0.15, 0.2) is 18.3 Å². The van der Waals surface area contributed by atoms with Crippen molar-refractivity contribution in [2.75, 3.05) is 6.61 Å². The van der Waals surface area contributed by atoms with E-state index in [0.29, 0.717) is 17.8 Å². The lowest BCUT2D eigenvalue weighted by molar-refractivity contribution is 0.0955. The van der Waals surface area contributed by atoms with Gasteiger partial charge in [-0.3, -0.25) is 9.89 Å². The molecule has 2 aromatic rings. The van der Waals surface area contributed by atoms with E-state index in [9.17, 15) is 4.79 Å². The van der Waals surface area contributed by atoms with Crippen molar-refractivity contribution in [3.05, 3.63) is 39.3 Å². The summed E-state index contributed by atoms with van der Waals surface area (Å²) in [7, 11) is 0. The normalized spacial score (nSPS) is 9.90. The summed E-state index contributed by atoms with van der Waals surface area (Å²) in [4.78, 5) is 13.4. The Balaban J connectivity index is 1.93. The molecule has 0 aliphatic heterocycles. The van der Waals surface area contributed by atoms with Gasteiger partial charge in [-0.1, -0.05) is 11.8 Å². The quantitative estimate of drug-likeness (QED) is 0.745. The number of aromatic amines is 1. The second kappa shape index (κ2) is 6.89. The smallest absolute Gasteiger partial charge is 0.261 e. The van der Waals surface area contributed by atoms with Crippen molar-refractivity contribution in [1.82, 2.24) is 15.5 Å². The number of nitrogens with zero attached hydrogens (tertiary/aromatic N) is 1. The van der Waals surface area contributed by atoms with Gasteiger partial charge in [0.05, 0.1) is 22.6 Å². The Kier molecular flexibility index (Phi) is 4.93. The molecule has 20 heavy (non-hydrogen) atoms. The summed E-state index contributed by atoms with van der Waals surface area (Å²) in [5, 5.41) is 18.2. The number of rotatable bonds is 4. The maximum Gasteiger partial charge on any atom is 0.261 e. The van der Waals surface area contributed by atoms with Gasteiger partial charge in [0.15, 0.2) is 0 Å². The molecular weight excluding hydrogens is 274 g/mol. The van der Waals surface area contributed by atoms with Crippen LogP contribution >= 0.6 is 11.3 Å². The van der Waals surface area contributed by atoms with E-state index in [4.69, 9.17) is 5.11 Å². The summed E-state index contributed by atoms with van der Waals surface area (Å²) >= 11 is 1.34. The summed E-state index contributed by atoms with van der Waals surface area (Å²) < 4.78 is 0. The van der Waals surface area contributed by atoms with Crippen LogP contribution in [0.4, 0.5) is 0 Å². The van der Waals surface area contributed by atoms with E-state index in [1.54, 1.807) is 12.3 Å². The first-order valence-electron chi connectivity index (χ1n) is 6.17. The minimum absolute atomic E-state index is 0.0514. The van der Waals surface area contributed by atoms with Crippen molar-refractivity contribution in [3.8, 4) is 11.8 Å². The standard InChI is InChI=1S/C14H15N3O2S/c1-10-11(9-16-17-10)8-15-14(19)13-6-5-12(20-13)4-2-3-7-18/h5-6,9,18H,3,7-8H2,1H3,(H,15,19)(H,16,17). The van der Waals surface area contributed by atoms with Gasteiger partial charge in [0.2, 0.25) is 0 Å². The highest BCUT2D eigenvalue weighted by Gasteiger charge is 2.09. The molecule has 5 nitrogen and oxygen atoms in total. The Morgan fingerprint density at radius 3 is 3.10 bits per heavy atom. The van der Waals surface area contributed by atoms with Gasteiger partial charge in [-0.15, -0.1) is 11.3 Å². The Morgan fingerprint density at radius 1 is 1.55 bits per heavy atom. The average Bonchev–Trinajstić information content (AvgIpc) is 3.06. The molecule has 2 rings (SSSR count). The number of thiophene rings is 1. The lowest BCUT2D eigenvalue weighted by Crippen LogP contribution is -2.21. The van der Waals surface area contributed by atoms with E-state index in [1.165, 1.54) is 11.3 Å². The van der Waals surface area contributed by atoms with Gasteiger partial charge in [0, 0.05) is 24.2 Å². The molecule has 6 heteroatoms. The van der Waals surface area contributed by atoms with Crippen LogP contribution in [-0.2, 0) is 6.54 Å². The van der Waals surface area contributed by atoms with E-state index in [0.717, 1.165) is 16.1 Å². The lowest BCUT2D eigenvalue weighted by atomic mass is 10.2. The summed E-state index contributed by atoms with van der Waals surface area (Å²) in [5.74, 6) is 5.63. The highest BCUT2D eigenvalue weighted by atomic mass is 32.1. The van der Waals surface area contributed by atoms with Crippen LogP contribution in [0, 0.1) is 18.8 Å². The molecule has 1 amide bonds. The predicted octanol–water partition coefficient (Wildman–Crippen LogP) is 1.44. The second-order valence-electron chi connectivity index (χ2n) is 4.14. The van der Waals surface area contributed by atoms with Gasteiger partial charge in [0.1, 0.15) is 0 Å². The predicted molar refractivity (Wildman–Crippen MR) is 77.4 cm³/mol. The van der Waals surface area contributed by atoms with Gasteiger partial charge >= 0.3 is 0 Å². The minimum Gasteiger partial charge on any atom is -0.395 e. The number of carbonyl (C=O) groups is 1. The monoisotopic (exact) mass is 289 g/mol. The van der Waals surface area contributed by atoms with Crippen LogP contribution in [-0.4, -0.2) is 27.8 Å². The first kappa shape index (κ1) is 14.3. The molecule has 0 spiro atoms. The van der Waals surface area contributed by atoms with E-state index >= 15 is 0 Å². The zero-order chi connectivity index (χ0) is 14.4. The van der Waals surface area contributed by atoms with Gasteiger partial charge in [0.25, 0.3) is 5.91 Å². The largest absolute Gasteiger partial charge is 0.395 e. The third kappa shape index (κ3) is 3.70. The van der Waals surface area contributed by atoms with Crippen molar-refractivity contribution in [2.45, 2.75) is 19.9 Å². The van der Waals surface area contributed by atoms with Crippen LogP contribution in [0.25, 0.3) is 0 Å². The van der Waals surface area contributed by atoms with Crippen LogP contribution in [0.5, 0.6) is 0 Å². The molecule has 0 aromatic carbocycles. The molecule has 0 bridgehead atoms. The number of aryl methyl sites for hydroxylation is 1. The summed E-state index contributed by atoms with van der Waals surface area (Å²) in [6.45, 7) is 2.41.